The lowest BCUT2D eigenvalue weighted by Crippen LogP contribution is -2.26. The summed E-state index contributed by atoms with van der Waals surface area (Å²) in [6, 6.07) is 1.65. The van der Waals surface area contributed by atoms with Crippen molar-refractivity contribution in [3.63, 3.8) is 0 Å². The molecule has 0 fully saturated rings. The second kappa shape index (κ2) is 10.1. The van der Waals surface area contributed by atoms with E-state index in [2.05, 4.69) is 10.6 Å². The molecule has 0 aliphatic carbocycles. The molecule has 0 saturated carbocycles. The van der Waals surface area contributed by atoms with Gasteiger partial charge in [-0.3, -0.25) is 0 Å². The zero-order chi connectivity index (χ0) is 28.5. The van der Waals surface area contributed by atoms with E-state index in [0.717, 1.165) is 0 Å². The fourth-order valence-corrected chi connectivity index (χ4v) is 2.56. The zero-order valence-electron chi connectivity index (χ0n) is 24.1. The summed E-state index contributed by atoms with van der Waals surface area (Å²) in [7, 11) is 0. The van der Waals surface area contributed by atoms with Gasteiger partial charge in [0.2, 0.25) is 0 Å². The average Bonchev–Trinajstić information content (AvgIpc) is 2.86. The van der Waals surface area contributed by atoms with Crippen LogP contribution in [0, 0.1) is 0 Å². The van der Waals surface area contributed by atoms with Crippen LogP contribution in [-0.2, 0) is 0 Å². The first-order chi connectivity index (χ1) is 17.7. The van der Waals surface area contributed by atoms with E-state index in [4.69, 9.17) is 23.9 Å². The van der Waals surface area contributed by atoms with Crippen molar-refractivity contribution in [3.8, 4) is 11.1 Å². The summed E-state index contributed by atoms with van der Waals surface area (Å²) in [5.41, 5.74) is -0.436. The summed E-state index contributed by atoms with van der Waals surface area (Å²) in [5, 5.41) is 24.9. The summed E-state index contributed by atoms with van der Waals surface area (Å²) < 4.78 is 72.6. The molecule has 0 radical (unpaired) electrons. The molecular weight excluding hydrogens is 388 g/mol. The highest BCUT2D eigenvalue weighted by Gasteiger charge is 2.07. The number of rotatable bonds is 9. The molecule has 1 atom stereocenters. The van der Waals surface area contributed by atoms with Crippen molar-refractivity contribution < 1.29 is 27.3 Å². The van der Waals surface area contributed by atoms with Crippen molar-refractivity contribution in [2.24, 2.45) is 0 Å². The van der Waals surface area contributed by atoms with E-state index in [0.29, 0.717) is 0 Å². The number of hydrogen-bond donors (Lipinski definition) is 4. The molecule has 3 aromatic carbocycles. The van der Waals surface area contributed by atoms with Gasteiger partial charge < -0.3 is 20.8 Å². The minimum Gasteiger partial charge on any atom is -0.478 e. The van der Waals surface area contributed by atoms with Crippen LogP contribution in [0.15, 0.2) is 72.6 Å². The van der Waals surface area contributed by atoms with Gasteiger partial charge in [-0.15, -0.1) is 0 Å². The van der Waals surface area contributed by atoms with Gasteiger partial charge in [-0.2, -0.15) is 0 Å². The van der Waals surface area contributed by atoms with Crippen molar-refractivity contribution in [1.82, 2.24) is 5.32 Å². The zero-order valence-corrected chi connectivity index (χ0v) is 15.9. The molecule has 3 rings (SSSR count). The number of nitrogens with one attached hydrogen (secondary N) is 2. The van der Waals surface area contributed by atoms with E-state index < -0.39 is 71.5 Å². The topological polar surface area (TPSA) is 81.6 Å². The van der Waals surface area contributed by atoms with E-state index in [1.807, 2.05) is 0 Å². The Morgan fingerprint density at radius 1 is 1.14 bits per heavy atom. The number of halogens is 1. The Balaban J connectivity index is 1.78. The molecule has 0 unspecified atom stereocenters. The van der Waals surface area contributed by atoms with Crippen molar-refractivity contribution >= 4 is 23.3 Å². The molecule has 29 heavy (non-hydrogen) atoms. The molecule has 3 aromatic rings. The maximum Gasteiger partial charge on any atom is 0.335 e. The van der Waals surface area contributed by atoms with Crippen LogP contribution >= 0.6 is 11.6 Å². The van der Waals surface area contributed by atoms with Crippen LogP contribution in [0.25, 0.3) is 11.1 Å². The average molecular weight is 420 g/mol. The van der Waals surface area contributed by atoms with Gasteiger partial charge in [-0.05, 0) is 53.0 Å². The highest BCUT2D eigenvalue weighted by molar-refractivity contribution is 6.30. The predicted octanol–water partition coefficient (Wildman–Crippen LogP) is 4.44. The van der Waals surface area contributed by atoms with E-state index >= 15 is 0 Å². The van der Waals surface area contributed by atoms with E-state index in [-0.39, 0.29) is 41.5 Å². The maximum absolute atomic E-state index is 11.3. The minimum atomic E-state index is -2.52. The Bertz CT molecular complexity index is 1390. The fourth-order valence-electron chi connectivity index (χ4n) is 2.42. The molecule has 4 N–H and O–H groups in total. The Kier molecular flexibility index (Phi) is 4.16. The number of aromatic carboxylic acids is 1. The molecule has 0 aromatic heterocycles. The molecule has 0 bridgehead atoms. The van der Waals surface area contributed by atoms with Crippen LogP contribution in [0.3, 0.4) is 0 Å². The summed E-state index contributed by atoms with van der Waals surface area (Å²) >= 11 is 5.86. The predicted molar refractivity (Wildman–Crippen MR) is 117 cm³/mol. The maximum atomic E-state index is 11.3. The molecule has 0 heterocycles. The fraction of sp³-hybridized carbons (Fsp3) is 0.174. The molecule has 6 heteroatoms. The molecule has 5 nitrogen and oxygen atoms in total. The first-order valence-electron chi connectivity index (χ1n) is 13.1. The quantitative estimate of drug-likeness (QED) is 0.385. The smallest absolute Gasteiger partial charge is 0.335 e. The third kappa shape index (κ3) is 6.06. The number of benzene rings is 3. The van der Waals surface area contributed by atoms with Crippen LogP contribution in [0.1, 0.15) is 34.3 Å². The number of carbonyl (C=O) groups is 1. The summed E-state index contributed by atoms with van der Waals surface area (Å²) in [4.78, 5) is 11.3. The first kappa shape index (κ1) is 12.0. The summed E-state index contributed by atoms with van der Waals surface area (Å²) in [6.45, 7) is -0.390. The highest BCUT2D eigenvalue weighted by Crippen LogP contribution is 2.23. The van der Waals surface area contributed by atoms with E-state index in [1.165, 1.54) is 24.3 Å². The molecule has 0 aliphatic heterocycles. The van der Waals surface area contributed by atoms with Crippen LogP contribution in [0.4, 0.5) is 5.69 Å². The minimum absolute atomic E-state index is 0.0167. The van der Waals surface area contributed by atoms with E-state index in [9.17, 15) is 15.0 Å². The SMILES string of the molecule is [2H]c1c([2H])c(NCCNC[C@]([2H])(O)c2c([2H])c([2H])c([2H])c(Cl)c2[2H])c([2H])c(-c2cccc(C(=O)O)c2)c1[2H]. The third-order valence-electron chi connectivity index (χ3n) is 3.80. The number of carboxylic acid groups (broad SMARTS) is 1. The van der Waals surface area contributed by atoms with Crippen molar-refractivity contribution in [2.75, 3.05) is 25.0 Å². The monoisotopic (exact) mass is 419 g/mol. The number of aliphatic hydroxyl groups is 1. The molecule has 0 amide bonds. The lowest BCUT2D eigenvalue weighted by molar-refractivity contribution is 0.0697. The molecular formula is C23H23ClN2O3. The first-order valence-corrected chi connectivity index (χ1v) is 8.95. The molecule has 0 aliphatic rings. The van der Waals surface area contributed by atoms with Gasteiger partial charge >= 0.3 is 5.97 Å². The Morgan fingerprint density at radius 2 is 1.97 bits per heavy atom. The second-order valence-corrected chi connectivity index (χ2v) is 6.25. The standard InChI is InChI=1S/C23H23ClN2O3/c24-20-8-2-6-18(13-20)22(27)15-25-10-11-26-21-9-3-5-17(14-21)16-4-1-7-19(12-16)23(28)29/h1-9,12-14,22,25-27H,10-11,15H2,(H,28,29)/t22-/m0/s1/i2D,3D,5D,6D,8D,9D,13D,14D,22D. The summed E-state index contributed by atoms with van der Waals surface area (Å²) in [5.74, 6) is -1.20. The highest BCUT2D eigenvalue weighted by atomic mass is 35.5. The molecule has 150 valence electrons. The van der Waals surface area contributed by atoms with Gasteiger partial charge in [0.05, 0.1) is 24.0 Å². The van der Waals surface area contributed by atoms with Gasteiger partial charge in [-0.1, -0.05) is 47.9 Å². The lowest BCUT2D eigenvalue weighted by Gasteiger charge is -2.13. The molecule has 0 saturated heterocycles. The Hall–Kier alpha value is -2.86. The van der Waals surface area contributed by atoms with Gasteiger partial charge in [0.1, 0.15) is 0 Å². The van der Waals surface area contributed by atoms with Gasteiger partial charge in [-0.25, -0.2) is 4.79 Å². The number of carboxylic acids is 1. The van der Waals surface area contributed by atoms with Crippen LogP contribution in [-0.4, -0.2) is 35.8 Å². The summed E-state index contributed by atoms with van der Waals surface area (Å²) in [6.07, 6.45) is -2.52. The largest absolute Gasteiger partial charge is 0.478 e. The van der Waals surface area contributed by atoms with Crippen molar-refractivity contribution in [3.05, 3.63) is 88.8 Å². The van der Waals surface area contributed by atoms with E-state index in [1.54, 1.807) is 0 Å². The Labute approximate surface area is 187 Å². The normalized spacial score (nSPS) is 17.2. The number of hydrogen-bond acceptors (Lipinski definition) is 4. The number of anilines is 1. The Morgan fingerprint density at radius 3 is 2.79 bits per heavy atom. The van der Waals surface area contributed by atoms with Gasteiger partial charge in [0, 0.05) is 30.3 Å². The van der Waals surface area contributed by atoms with Crippen LogP contribution < -0.4 is 10.6 Å². The van der Waals surface area contributed by atoms with Crippen molar-refractivity contribution in [2.45, 2.75) is 6.08 Å². The van der Waals surface area contributed by atoms with Gasteiger partial charge in [0.25, 0.3) is 0 Å². The third-order valence-corrected chi connectivity index (χ3v) is 3.99. The van der Waals surface area contributed by atoms with Gasteiger partial charge in [0.15, 0.2) is 0 Å². The lowest BCUT2D eigenvalue weighted by atomic mass is 10.0. The second-order valence-electron chi connectivity index (χ2n) is 5.88. The van der Waals surface area contributed by atoms with Crippen LogP contribution in [0.5, 0.6) is 0 Å². The van der Waals surface area contributed by atoms with Crippen LogP contribution in [0.2, 0.25) is 5.02 Å². The van der Waals surface area contributed by atoms with Crippen molar-refractivity contribution in [1.29, 1.82) is 0 Å². The molecule has 0 spiro atoms.